The summed E-state index contributed by atoms with van der Waals surface area (Å²) >= 11 is 0. The summed E-state index contributed by atoms with van der Waals surface area (Å²) in [6.07, 6.45) is 4.05. The molecule has 2 aromatic carbocycles. The van der Waals surface area contributed by atoms with E-state index < -0.39 is 18.1 Å². The van der Waals surface area contributed by atoms with Crippen molar-refractivity contribution in [2.45, 2.75) is 50.7 Å². The third kappa shape index (κ3) is 4.19. The van der Waals surface area contributed by atoms with Crippen LogP contribution in [0.5, 0.6) is 0 Å². The Balaban J connectivity index is 2.06. The lowest BCUT2D eigenvalue weighted by molar-refractivity contribution is -0.537. The second kappa shape index (κ2) is 8.82. The van der Waals surface area contributed by atoms with Crippen LogP contribution in [-0.4, -0.2) is 27.2 Å². The molecule has 3 aromatic rings. The van der Waals surface area contributed by atoms with Crippen LogP contribution in [0.4, 0.5) is 0 Å². The minimum atomic E-state index is -1.09. The Bertz CT molecular complexity index is 875. The van der Waals surface area contributed by atoms with E-state index in [-0.39, 0.29) is 4.92 Å². The molecule has 0 unspecified atom stereocenters. The minimum absolute atomic E-state index is 0.309. The average Bonchev–Trinajstić information content (AvgIpc) is 3.10. The third-order valence-electron chi connectivity index (χ3n) is 5.20. The highest BCUT2D eigenvalue weighted by Crippen LogP contribution is 2.36. The first kappa shape index (κ1) is 19.1. The number of aliphatic hydroxyl groups is 1. The standard InChI is InChI=1S/C22H26N2O3/c1-2-3-5-14-20(25)22(24(26)27)21(16-10-6-4-7-11-16)18-15-23-19-13-9-8-12-17(18)19/h4,6-13,15,20-23,25H,2-3,5,14H2,1H3/t20-,21-,22+/m1/s1. The molecule has 0 spiro atoms. The Hall–Kier alpha value is -2.66. The number of aromatic nitrogens is 1. The molecule has 3 rings (SSSR count). The Morgan fingerprint density at radius 2 is 1.78 bits per heavy atom. The summed E-state index contributed by atoms with van der Waals surface area (Å²) in [7, 11) is 0. The first-order valence-electron chi connectivity index (χ1n) is 9.56. The number of nitrogens with zero attached hydrogens (tertiary/aromatic N) is 1. The molecular weight excluding hydrogens is 340 g/mol. The zero-order chi connectivity index (χ0) is 19.2. The molecule has 27 heavy (non-hydrogen) atoms. The minimum Gasteiger partial charge on any atom is -0.386 e. The van der Waals surface area contributed by atoms with E-state index in [2.05, 4.69) is 11.9 Å². The highest BCUT2D eigenvalue weighted by Gasteiger charge is 2.41. The van der Waals surface area contributed by atoms with Crippen LogP contribution >= 0.6 is 0 Å². The van der Waals surface area contributed by atoms with Crippen molar-refractivity contribution in [3.8, 4) is 0 Å². The van der Waals surface area contributed by atoms with Gasteiger partial charge in [-0.15, -0.1) is 0 Å². The van der Waals surface area contributed by atoms with Gasteiger partial charge in [0.25, 0.3) is 0 Å². The molecule has 0 radical (unpaired) electrons. The van der Waals surface area contributed by atoms with Gasteiger partial charge in [-0.05, 0) is 23.6 Å². The summed E-state index contributed by atoms with van der Waals surface area (Å²) in [5.74, 6) is -0.519. The monoisotopic (exact) mass is 366 g/mol. The maximum atomic E-state index is 12.1. The van der Waals surface area contributed by atoms with Crippen LogP contribution in [0, 0.1) is 10.1 Å². The quantitative estimate of drug-likeness (QED) is 0.322. The van der Waals surface area contributed by atoms with E-state index in [1.807, 2.05) is 60.8 Å². The molecule has 0 amide bonds. The van der Waals surface area contributed by atoms with E-state index in [9.17, 15) is 15.2 Å². The molecule has 5 heteroatoms. The number of aliphatic hydroxyl groups excluding tert-OH is 1. The van der Waals surface area contributed by atoms with E-state index >= 15 is 0 Å². The van der Waals surface area contributed by atoms with Gasteiger partial charge in [0.05, 0.1) is 5.92 Å². The molecule has 0 bridgehead atoms. The molecule has 142 valence electrons. The molecule has 0 aliphatic rings. The van der Waals surface area contributed by atoms with Gasteiger partial charge in [0.15, 0.2) is 0 Å². The number of aromatic amines is 1. The fourth-order valence-corrected chi connectivity index (χ4v) is 3.83. The van der Waals surface area contributed by atoms with Gasteiger partial charge in [-0.2, -0.15) is 0 Å². The molecule has 0 aliphatic carbocycles. The van der Waals surface area contributed by atoms with Crippen molar-refractivity contribution in [3.63, 3.8) is 0 Å². The van der Waals surface area contributed by atoms with Crippen molar-refractivity contribution in [2.24, 2.45) is 0 Å². The van der Waals surface area contributed by atoms with Gasteiger partial charge < -0.3 is 10.1 Å². The smallest absolute Gasteiger partial charge is 0.249 e. The highest BCUT2D eigenvalue weighted by atomic mass is 16.6. The first-order valence-corrected chi connectivity index (χ1v) is 9.56. The molecule has 0 fully saturated rings. The van der Waals surface area contributed by atoms with Crippen LogP contribution in [0.3, 0.4) is 0 Å². The van der Waals surface area contributed by atoms with Crippen LogP contribution in [0.1, 0.15) is 49.7 Å². The molecule has 1 heterocycles. The van der Waals surface area contributed by atoms with Crippen LogP contribution in [0.15, 0.2) is 60.8 Å². The number of rotatable bonds is 9. The second-order valence-corrected chi connectivity index (χ2v) is 7.02. The van der Waals surface area contributed by atoms with E-state index in [0.717, 1.165) is 41.3 Å². The number of unbranched alkanes of at least 4 members (excludes halogenated alkanes) is 2. The largest absolute Gasteiger partial charge is 0.386 e. The summed E-state index contributed by atoms with van der Waals surface area (Å²) in [6, 6.07) is 16.2. The van der Waals surface area contributed by atoms with Gasteiger partial charge in [0, 0.05) is 22.0 Å². The lowest BCUT2D eigenvalue weighted by Gasteiger charge is -2.25. The van der Waals surface area contributed by atoms with Crippen LogP contribution < -0.4 is 0 Å². The second-order valence-electron chi connectivity index (χ2n) is 7.02. The lowest BCUT2D eigenvalue weighted by atomic mass is 9.81. The maximum Gasteiger partial charge on any atom is 0.249 e. The Morgan fingerprint density at radius 3 is 2.48 bits per heavy atom. The topological polar surface area (TPSA) is 79.2 Å². The molecule has 2 N–H and O–H groups in total. The Morgan fingerprint density at radius 1 is 1.07 bits per heavy atom. The molecular formula is C22H26N2O3. The molecule has 0 aliphatic heterocycles. The van der Waals surface area contributed by atoms with Crippen LogP contribution in [0.2, 0.25) is 0 Å². The van der Waals surface area contributed by atoms with Crippen molar-refractivity contribution in [2.75, 3.05) is 0 Å². The van der Waals surface area contributed by atoms with E-state index in [0.29, 0.717) is 6.42 Å². The van der Waals surface area contributed by atoms with Gasteiger partial charge in [0.2, 0.25) is 6.04 Å². The number of hydrogen-bond acceptors (Lipinski definition) is 3. The van der Waals surface area contributed by atoms with Gasteiger partial charge >= 0.3 is 0 Å². The molecule has 3 atom stereocenters. The molecule has 0 saturated carbocycles. The fraction of sp³-hybridized carbons (Fsp3) is 0.364. The van der Waals surface area contributed by atoms with Crippen molar-refractivity contribution in [1.82, 2.24) is 4.98 Å². The summed E-state index contributed by atoms with van der Waals surface area (Å²) in [5.41, 5.74) is 2.64. The summed E-state index contributed by atoms with van der Waals surface area (Å²) in [6.45, 7) is 2.08. The zero-order valence-corrected chi connectivity index (χ0v) is 15.5. The normalized spacial score (nSPS) is 14.7. The zero-order valence-electron chi connectivity index (χ0n) is 15.5. The highest BCUT2D eigenvalue weighted by molar-refractivity contribution is 5.84. The summed E-state index contributed by atoms with van der Waals surface area (Å²) in [4.78, 5) is 15.0. The number of nitro groups is 1. The Labute approximate surface area is 159 Å². The van der Waals surface area contributed by atoms with Gasteiger partial charge in [-0.25, -0.2) is 0 Å². The Kier molecular flexibility index (Phi) is 6.24. The molecule has 5 nitrogen and oxygen atoms in total. The number of para-hydroxylation sites is 1. The van der Waals surface area contributed by atoms with Crippen LogP contribution in [0.25, 0.3) is 10.9 Å². The van der Waals surface area contributed by atoms with Crippen molar-refractivity contribution in [3.05, 3.63) is 82.0 Å². The maximum absolute atomic E-state index is 12.1. The SMILES string of the molecule is CCCCC[C@@H](O)[C@@H]([C@H](c1ccccc1)c1c[nH]c2ccccc12)[N+](=O)[O-]. The number of hydrogen-bond donors (Lipinski definition) is 2. The van der Waals surface area contributed by atoms with Crippen LogP contribution in [-0.2, 0) is 0 Å². The number of benzene rings is 2. The van der Waals surface area contributed by atoms with Crippen molar-refractivity contribution < 1.29 is 10.0 Å². The lowest BCUT2D eigenvalue weighted by Crippen LogP contribution is -2.39. The van der Waals surface area contributed by atoms with Gasteiger partial charge in [-0.1, -0.05) is 74.7 Å². The molecule has 1 aromatic heterocycles. The fourth-order valence-electron chi connectivity index (χ4n) is 3.83. The average molecular weight is 366 g/mol. The van der Waals surface area contributed by atoms with E-state index in [1.165, 1.54) is 0 Å². The summed E-state index contributed by atoms with van der Waals surface area (Å²) in [5, 5.41) is 23.8. The predicted molar refractivity (Wildman–Crippen MR) is 108 cm³/mol. The predicted octanol–water partition coefficient (Wildman–Crippen LogP) is 4.89. The van der Waals surface area contributed by atoms with Gasteiger partial charge in [-0.3, -0.25) is 10.1 Å². The van der Waals surface area contributed by atoms with E-state index in [1.54, 1.807) is 0 Å². The van der Waals surface area contributed by atoms with Gasteiger partial charge in [0.1, 0.15) is 6.10 Å². The van der Waals surface area contributed by atoms with Crippen molar-refractivity contribution >= 4 is 10.9 Å². The molecule has 0 saturated heterocycles. The first-order chi connectivity index (χ1) is 13.1. The van der Waals surface area contributed by atoms with Crippen molar-refractivity contribution in [1.29, 1.82) is 0 Å². The van der Waals surface area contributed by atoms with E-state index in [4.69, 9.17) is 0 Å². The third-order valence-corrected chi connectivity index (χ3v) is 5.20. The number of H-pyrrole nitrogens is 1. The number of nitrogens with one attached hydrogen (secondary N) is 1. The summed E-state index contributed by atoms with van der Waals surface area (Å²) < 4.78 is 0. The number of fused-ring (bicyclic) bond motifs is 1.